The van der Waals surface area contributed by atoms with Gasteiger partial charge in [0.05, 0.1) is 16.7 Å². The van der Waals surface area contributed by atoms with Gasteiger partial charge in [-0.15, -0.1) is 0 Å². The minimum absolute atomic E-state index is 0.0948. The number of rotatable bonds is 7. The normalized spacial score (nSPS) is 13.0. The van der Waals surface area contributed by atoms with E-state index in [0.29, 0.717) is 0 Å². The molecular formula is C62H49BN2O2. The first-order chi connectivity index (χ1) is 32.8. The first-order valence-electron chi connectivity index (χ1n) is 23.8. The van der Waals surface area contributed by atoms with Gasteiger partial charge in [-0.3, -0.25) is 0 Å². The Balaban J connectivity index is 1.13. The van der Waals surface area contributed by atoms with Crippen molar-refractivity contribution >= 4 is 83.9 Å². The summed E-state index contributed by atoms with van der Waals surface area (Å²) in [7, 11) is 0. The molecule has 13 rings (SSSR count). The smallest absolute Gasteiger partial charge is 0.256 e. The third-order valence-corrected chi connectivity index (χ3v) is 14.4. The summed E-state index contributed by atoms with van der Waals surface area (Å²) in [5, 5.41) is 4.75. The minimum Gasteiger partial charge on any atom is -0.458 e. The number of aromatic nitrogens is 1. The molecule has 0 saturated carbocycles. The molecule has 0 amide bonds. The van der Waals surface area contributed by atoms with Gasteiger partial charge in [-0.2, -0.15) is 0 Å². The Morgan fingerprint density at radius 1 is 0.537 bits per heavy atom. The number of fused-ring (bicyclic) bond motifs is 10. The van der Waals surface area contributed by atoms with Gasteiger partial charge < -0.3 is 18.6 Å². The molecule has 5 heteroatoms. The highest BCUT2D eigenvalue weighted by Gasteiger charge is 2.44. The molecule has 4 nitrogen and oxygen atoms in total. The summed E-state index contributed by atoms with van der Waals surface area (Å²) in [6.07, 6.45) is 3.03. The topological polar surface area (TPSA) is 30.5 Å². The van der Waals surface area contributed by atoms with Crippen LogP contribution in [0.2, 0.25) is 0 Å². The Kier molecular flexibility index (Phi) is 8.95. The Bertz CT molecular complexity index is 3710. The van der Waals surface area contributed by atoms with Crippen molar-refractivity contribution in [1.29, 1.82) is 0 Å². The molecule has 322 valence electrons. The quantitative estimate of drug-likeness (QED) is 0.150. The number of anilines is 3. The second kappa shape index (κ2) is 15.1. The zero-order valence-corrected chi connectivity index (χ0v) is 38.3. The number of hydrogen-bond donors (Lipinski definition) is 0. The molecule has 11 aromatic rings. The van der Waals surface area contributed by atoms with Gasteiger partial charge in [0.15, 0.2) is 0 Å². The lowest BCUT2D eigenvalue weighted by Gasteiger charge is -2.42. The standard InChI is InChI=1S/C62H49BN2O2/c1-5-6-19-42-35-56-59(47-26-15-18-29-54(47)66-56)58(40-22-11-8-12-23-40)61(42)65-52-33-30-41(39-20-9-7-10-21-39)34-49(52)63-48-32-31-44(64-50-27-16-13-24-45(50)46-25-14-17-28-51(46)64)38-55(48)67-57-37-43(62(2,3)4)36-53(65)60(57)63/h7-18,20-38H,5-6,19H2,1-4H3. The van der Waals surface area contributed by atoms with Crippen LogP contribution in [0.15, 0.2) is 192 Å². The van der Waals surface area contributed by atoms with Crippen molar-refractivity contribution in [2.75, 3.05) is 4.90 Å². The van der Waals surface area contributed by atoms with Gasteiger partial charge in [0.25, 0.3) is 6.71 Å². The van der Waals surface area contributed by atoms with Crippen LogP contribution in [-0.2, 0) is 11.8 Å². The van der Waals surface area contributed by atoms with Crippen LogP contribution >= 0.6 is 0 Å². The number of benzene rings is 9. The molecule has 0 atom stereocenters. The van der Waals surface area contributed by atoms with E-state index in [2.05, 4.69) is 225 Å². The SMILES string of the molecule is CCCCc1cc2oc3ccccc3c2c(-c2ccccc2)c1N1c2ccc(-c3ccccc3)cc2B2c3ccc(-n4c5ccccc5c5ccccc54)cc3Oc3cc(C(C)(C)C)cc1c32. The molecule has 0 spiro atoms. The highest BCUT2D eigenvalue weighted by Crippen LogP contribution is 2.52. The average molecular weight is 865 g/mol. The zero-order valence-electron chi connectivity index (χ0n) is 38.3. The van der Waals surface area contributed by atoms with Crippen molar-refractivity contribution in [3.05, 3.63) is 199 Å². The third-order valence-electron chi connectivity index (χ3n) is 14.4. The van der Waals surface area contributed by atoms with Gasteiger partial charge in [0.2, 0.25) is 0 Å². The van der Waals surface area contributed by atoms with Crippen LogP contribution in [0.25, 0.3) is 71.7 Å². The minimum atomic E-state index is -0.170. The van der Waals surface area contributed by atoms with Crippen molar-refractivity contribution in [2.45, 2.75) is 52.4 Å². The van der Waals surface area contributed by atoms with E-state index in [9.17, 15) is 0 Å². The molecule has 0 N–H and O–H groups in total. The van der Waals surface area contributed by atoms with Crippen molar-refractivity contribution in [3.8, 4) is 39.4 Å². The van der Waals surface area contributed by atoms with Gasteiger partial charge in [-0.1, -0.05) is 168 Å². The van der Waals surface area contributed by atoms with Crippen molar-refractivity contribution in [1.82, 2.24) is 4.57 Å². The van der Waals surface area contributed by atoms with Crippen LogP contribution < -0.4 is 26.0 Å². The molecule has 2 aromatic heterocycles. The van der Waals surface area contributed by atoms with Crippen LogP contribution in [0, 0.1) is 0 Å². The number of furan rings is 1. The van der Waals surface area contributed by atoms with Crippen LogP contribution in [0.3, 0.4) is 0 Å². The highest BCUT2D eigenvalue weighted by molar-refractivity contribution is 6.99. The number of aryl methyl sites for hydroxylation is 1. The zero-order chi connectivity index (χ0) is 45.0. The van der Waals surface area contributed by atoms with Crippen molar-refractivity contribution < 1.29 is 9.15 Å². The van der Waals surface area contributed by atoms with Gasteiger partial charge in [-0.05, 0) is 111 Å². The van der Waals surface area contributed by atoms with Crippen molar-refractivity contribution in [3.63, 3.8) is 0 Å². The second-order valence-electron chi connectivity index (χ2n) is 19.5. The van der Waals surface area contributed by atoms with E-state index in [0.717, 1.165) is 69.6 Å². The van der Waals surface area contributed by atoms with Crippen LogP contribution in [-0.4, -0.2) is 11.3 Å². The summed E-state index contributed by atoms with van der Waals surface area (Å²) < 4.78 is 16.6. The first-order valence-corrected chi connectivity index (χ1v) is 23.8. The van der Waals surface area contributed by atoms with Crippen LogP contribution in [0.4, 0.5) is 17.1 Å². The lowest BCUT2D eigenvalue weighted by Crippen LogP contribution is -2.59. The number of nitrogens with zero attached hydrogens (tertiary/aromatic N) is 2. The van der Waals surface area contributed by atoms with Crippen molar-refractivity contribution in [2.24, 2.45) is 0 Å². The first kappa shape index (κ1) is 39.6. The summed E-state index contributed by atoms with van der Waals surface area (Å²) in [5.41, 5.74) is 19.5. The lowest BCUT2D eigenvalue weighted by molar-refractivity contribution is 0.483. The molecule has 67 heavy (non-hydrogen) atoms. The Hall–Kier alpha value is -7.76. The van der Waals surface area contributed by atoms with E-state index in [1.54, 1.807) is 0 Å². The summed E-state index contributed by atoms with van der Waals surface area (Å²) in [6, 6.07) is 69.0. The van der Waals surface area contributed by atoms with E-state index in [-0.39, 0.29) is 12.1 Å². The fourth-order valence-electron chi connectivity index (χ4n) is 11.2. The highest BCUT2D eigenvalue weighted by atomic mass is 16.5. The number of ether oxygens (including phenoxy) is 1. The maximum atomic E-state index is 7.41. The number of hydrogen-bond acceptors (Lipinski definition) is 3. The molecule has 0 saturated heterocycles. The molecule has 0 unspecified atom stereocenters. The summed E-state index contributed by atoms with van der Waals surface area (Å²) in [6.45, 7) is 9.13. The average Bonchev–Trinajstić information content (AvgIpc) is 3.90. The van der Waals surface area contributed by atoms with Gasteiger partial charge in [0, 0.05) is 50.2 Å². The molecule has 4 heterocycles. The molecule has 0 bridgehead atoms. The van der Waals surface area contributed by atoms with Gasteiger partial charge >= 0.3 is 0 Å². The monoisotopic (exact) mass is 864 g/mol. The maximum Gasteiger partial charge on any atom is 0.256 e. The Morgan fingerprint density at radius 3 is 1.93 bits per heavy atom. The van der Waals surface area contributed by atoms with E-state index in [1.807, 2.05) is 0 Å². The molecule has 2 aliphatic rings. The fraction of sp³-hybridized carbons (Fsp3) is 0.129. The predicted molar refractivity (Wildman–Crippen MR) is 282 cm³/mol. The van der Waals surface area contributed by atoms with E-state index in [1.165, 1.54) is 77.4 Å². The molecule has 0 aliphatic carbocycles. The summed E-state index contributed by atoms with van der Waals surface area (Å²) >= 11 is 0. The Labute approximate surface area is 391 Å². The van der Waals surface area contributed by atoms with Crippen LogP contribution in [0.5, 0.6) is 11.5 Å². The molecule has 9 aromatic carbocycles. The van der Waals surface area contributed by atoms with E-state index in [4.69, 9.17) is 9.15 Å². The third kappa shape index (κ3) is 6.14. The molecular weight excluding hydrogens is 816 g/mol. The second-order valence-corrected chi connectivity index (χ2v) is 19.5. The fourth-order valence-corrected chi connectivity index (χ4v) is 11.2. The van der Waals surface area contributed by atoms with Gasteiger partial charge in [0.1, 0.15) is 22.7 Å². The van der Waals surface area contributed by atoms with E-state index >= 15 is 0 Å². The van der Waals surface area contributed by atoms with Crippen LogP contribution in [0.1, 0.15) is 51.7 Å². The predicted octanol–water partition coefficient (Wildman–Crippen LogP) is 15.1. The molecule has 0 fully saturated rings. The molecule has 0 radical (unpaired) electrons. The summed E-state index contributed by atoms with van der Waals surface area (Å²) in [5.74, 6) is 1.80. The van der Waals surface area contributed by atoms with Gasteiger partial charge in [-0.25, -0.2) is 0 Å². The number of para-hydroxylation sites is 3. The Morgan fingerprint density at radius 2 is 1.21 bits per heavy atom. The molecule has 2 aliphatic heterocycles. The number of unbranched alkanes of at least 4 members (excludes halogenated alkanes) is 1. The van der Waals surface area contributed by atoms with E-state index < -0.39 is 0 Å². The lowest BCUT2D eigenvalue weighted by atomic mass is 9.34. The maximum absolute atomic E-state index is 7.41. The largest absolute Gasteiger partial charge is 0.458 e. The summed E-state index contributed by atoms with van der Waals surface area (Å²) in [4.78, 5) is 2.62.